The first-order valence-corrected chi connectivity index (χ1v) is 6.93. The zero-order valence-electron chi connectivity index (χ0n) is 10.5. The maximum atomic E-state index is 12.7. The van der Waals surface area contributed by atoms with Gasteiger partial charge in [-0.05, 0) is 0 Å². The van der Waals surface area contributed by atoms with Crippen LogP contribution in [-0.4, -0.2) is 49.7 Å². The third-order valence-corrected chi connectivity index (χ3v) is 3.14. The molecule has 0 radical (unpaired) electrons. The number of alkyl halides is 2. The van der Waals surface area contributed by atoms with Crippen molar-refractivity contribution in [1.29, 1.82) is 0 Å². The third kappa shape index (κ3) is 5.02. The standard InChI is InChI=1S/C10H12F2O8S/c1-6(4-18-5-10(11,12)21(15,16)17)9(14)20-8-3-2-7(13)19-8/h8H,1-5H2,(H,15,16,17)/p-1. The van der Waals surface area contributed by atoms with E-state index in [1.165, 1.54) is 0 Å². The van der Waals surface area contributed by atoms with E-state index >= 15 is 0 Å². The molecule has 21 heavy (non-hydrogen) atoms. The maximum absolute atomic E-state index is 12.7. The Kier molecular flexibility index (Phi) is 5.36. The highest BCUT2D eigenvalue weighted by Gasteiger charge is 2.38. The molecule has 0 aromatic carbocycles. The summed E-state index contributed by atoms with van der Waals surface area (Å²) in [5.41, 5.74) is -0.406. The zero-order chi connectivity index (χ0) is 16.3. The highest BCUT2D eigenvalue weighted by molar-refractivity contribution is 7.86. The van der Waals surface area contributed by atoms with Crippen LogP contribution in [0.4, 0.5) is 8.78 Å². The van der Waals surface area contributed by atoms with Gasteiger partial charge in [-0.25, -0.2) is 13.2 Å². The van der Waals surface area contributed by atoms with Crippen molar-refractivity contribution in [2.75, 3.05) is 13.2 Å². The highest BCUT2D eigenvalue weighted by Crippen LogP contribution is 2.21. The summed E-state index contributed by atoms with van der Waals surface area (Å²) in [4.78, 5) is 22.1. The van der Waals surface area contributed by atoms with Crippen LogP contribution in [-0.2, 0) is 33.9 Å². The highest BCUT2D eigenvalue weighted by atomic mass is 32.2. The molecule has 1 aliphatic rings. The lowest BCUT2D eigenvalue weighted by molar-refractivity contribution is -0.174. The second kappa shape index (κ2) is 6.45. The lowest BCUT2D eigenvalue weighted by Crippen LogP contribution is -2.34. The largest absolute Gasteiger partial charge is 0.743 e. The predicted molar refractivity (Wildman–Crippen MR) is 59.8 cm³/mol. The molecular weight excluding hydrogens is 318 g/mol. The third-order valence-electron chi connectivity index (χ3n) is 2.29. The summed E-state index contributed by atoms with van der Waals surface area (Å²) in [6.07, 6.45) is -0.843. The van der Waals surface area contributed by atoms with Gasteiger partial charge in [-0.1, -0.05) is 6.58 Å². The second-order valence-corrected chi connectivity index (χ2v) is 5.56. The minimum absolute atomic E-state index is 0.0779. The first-order chi connectivity index (χ1) is 9.53. The SMILES string of the molecule is C=C(COCC(F)(F)S(=O)(=O)[O-])C(=O)OC1CCC(=O)O1. The van der Waals surface area contributed by atoms with Gasteiger partial charge in [0.1, 0.15) is 6.61 Å². The Morgan fingerprint density at radius 2 is 2.14 bits per heavy atom. The van der Waals surface area contributed by atoms with Crippen LogP contribution in [0.15, 0.2) is 12.2 Å². The topological polar surface area (TPSA) is 119 Å². The lowest BCUT2D eigenvalue weighted by Gasteiger charge is -2.19. The molecule has 1 unspecified atom stereocenters. The van der Waals surface area contributed by atoms with Crippen molar-refractivity contribution in [2.45, 2.75) is 24.4 Å². The number of cyclic esters (lactones) is 1. The van der Waals surface area contributed by atoms with Crippen LogP contribution in [0.1, 0.15) is 12.8 Å². The Labute approximate surface area is 118 Å². The molecule has 1 aliphatic heterocycles. The molecule has 1 saturated heterocycles. The van der Waals surface area contributed by atoms with Gasteiger partial charge in [-0.2, -0.15) is 8.78 Å². The number of halogens is 2. The van der Waals surface area contributed by atoms with Crippen molar-refractivity contribution in [3.63, 3.8) is 0 Å². The Morgan fingerprint density at radius 1 is 1.52 bits per heavy atom. The Hall–Kier alpha value is -1.59. The average molecular weight is 329 g/mol. The van der Waals surface area contributed by atoms with Crippen molar-refractivity contribution < 1.29 is 45.6 Å². The van der Waals surface area contributed by atoms with Crippen molar-refractivity contribution >= 4 is 22.1 Å². The molecule has 0 saturated carbocycles. The van der Waals surface area contributed by atoms with E-state index in [0.717, 1.165) is 0 Å². The van der Waals surface area contributed by atoms with Gasteiger partial charge in [0, 0.05) is 6.42 Å². The van der Waals surface area contributed by atoms with Gasteiger partial charge in [0.05, 0.1) is 18.6 Å². The smallest absolute Gasteiger partial charge is 0.357 e. The van der Waals surface area contributed by atoms with Gasteiger partial charge in [-0.3, -0.25) is 4.79 Å². The number of carbonyl (C=O) groups excluding carboxylic acids is 2. The molecule has 0 aromatic heterocycles. The number of carbonyl (C=O) groups is 2. The fourth-order valence-corrected chi connectivity index (χ4v) is 1.44. The molecule has 0 aliphatic carbocycles. The van der Waals surface area contributed by atoms with E-state index in [1.54, 1.807) is 0 Å². The summed E-state index contributed by atoms with van der Waals surface area (Å²) >= 11 is 0. The summed E-state index contributed by atoms with van der Waals surface area (Å²) in [6, 6.07) is 0. The van der Waals surface area contributed by atoms with Crippen molar-refractivity contribution in [3.8, 4) is 0 Å². The van der Waals surface area contributed by atoms with E-state index in [4.69, 9.17) is 0 Å². The molecule has 0 N–H and O–H groups in total. The van der Waals surface area contributed by atoms with Crippen LogP contribution in [0.3, 0.4) is 0 Å². The minimum atomic E-state index is -5.86. The Morgan fingerprint density at radius 3 is 2.62 bits per heavy atom. The van der Waals surface area contributed by atoms with E-state index < -0.39 is 52.4 Å². The van der Waals surface area contributed by atoms with Crippen molar-refractivity contribution in [3.05, 3.63) is 12.2 Å². The summed E-state index contributed by atoms with van der Waals surface area (Å²) in [6.45, 7) is 0.693. The number of rotatable bonds is 7. The van der Waals surface area contributed by atoms with Crippen LogP contribution in [0.2, 0.25) is 0 Å². The van der Waals surface area contributed by atoms with E-state index in [-0.39, 0.29) is 12.8 Å². The molecule has 1 atom stereocenters. The van der Waals surface area contributed by atoms with Gasteiger partial charge >= 0.3 is 17.2 Å². The van der Waals surface area contributed by atoms with Crippen LogP contribution in [0, 0.1) is 0 Å². The summed E-state index contributed by atoms with van der Waals surface area (Å²) in [7, 11) is -5.86. The molecule has 8 nitrogen and oxygen atoms in total. The van der Waals surface area contributed by atoms with Gasteiger partial charge in [0.25, 0.3) is 0 Å². The van der Waals surface area contributed by atoms with Gasteiger partial charge in [0.15, 0.2) is 10.1 Å². The first kappa shape index (κ1) is 17.5. The number of ether oxygens (including phenoxy) is 3. The Bertz CT molecular complexity index is 541. The van der Waals surface area contributed by atoms with Gasteiger partial charge in [-0.15, -0.1) is 0 Å². The molecule has 11 heteroatoms. The lowest BCUT2D eigenvalue weighted by atomic mass is 10.3. The molecule has 1 heterocycles. The molecular formula is C10H11F2O8S-. The normalized spacial score (nSPS) is 19.2. The van der Waals surface area contributed by atoms with E-state index in [0.29, 0.717) is 0 Å². The van der Waals surface area contributed by atoms with E-state index in [2.05, 4.69) is 20.8 Å². The van der Waals surface area contributed by atoms with Crippen molar-refractivity contribution in [2.24, 2.45) is 0 Å². The summed E-state index contributed by atoms with van der Waals surface area (Å²) in [5, 5.41) is -4.61. The average Bonchev–Trinajstić information content (AvgIpc) is 2.72. The molecule has 1 rings (SSSR count). The fourth-order valence-electron chi connectivity index (χ4n) is 1.21. The Balaban J connectivity index is 2.37. The summed E-state index contributed by atoms with van der Waals surface area (Å²) in [5.74, 6) is -1.60. The predicted octanol–water partition coefficient (Wildman–Crippen LogP) is -0.0965. The maximum Gasteiger partial charge on any atom is 0.357 e. The molecule has 1 fully saturated rings. The number of hydrogen-bond acceptors (Lipinski definition) is 8. The van der Waals surface area contributed by atoms with Crippen molar-refractivity contribution in [1.82, 2.24) is 0 Å². The van der Waals surface area contributed by atoms with E-state index in [9.17, 15) is 31.3 Å². The molecule has 0 spiro atoms. The molecule has 0 aromatic rings. The first-order valence-electron chi connectivity index (χ1n) is 5.52. The van der Waals surface area contributed by atoms with Crippen LogP contribution < -0.4 is 0 Å². The molecule has 0 amide bonds. The number of hydrogen-bond donors (Lipinski definition) is 0. The molecule has 0 bridgehead atoms. The van der Waals surface area contributed by atoms with E-state index in [1.807, 2.05) is 0 Å². The van der Waals surface area contributed by atoms with Gasteiger partial charge < -0.3 is 18.8 Å². The van der Waals surface area contributed by atoms with Crippen LogP contribution in [0.25, 0.3) is 0 Å². The minimum Gasteiger partial charge on any atom is -0.743 e. The quantitative estimate of drug-likeness (QED) is 0.361. The van der Waals surface area contributed by atoms with Crippen LogP contribution in [0.5, 0.6) is 0 Å². The number of esters is 2. The zero-order valence-corrected chi connectivity index (χ0v) is 11.4. The fraction of sp³-hybridized carbons (Fsp3) is 0.600. The van der Waals surface area contributed by atoms with Gasteiger partial charge in [0.2, 0.25) is 6.29 Å². The monoisotopic (exact) mass is 329 g/mol. The summed E-state index contributed by atoms with van der Waals surface area (Å²) < 4.78 is 69.5. The molecule has 120 valence electrons. The van der Waals surface area contributed by atoms with Crippen LogP contribution >= 0.6 is 0 Å². The second-order valence-electron chi connectivity index (χ2n) is 4.05.